The zero-order chi connectivity index (χ0) is 11.1. The monoisotopic (exact) mass is 206 g/mol. The van der Waals surface area contributed by atoms with Crippen LogP contribution in [0.25, 0.3) is 0 Å². The summed E-state index contributed by atoms with van der Waals surface area (Å²) < 4.78 is 0. The van der Waals surface area contributed by atoms with Crippen LogP contribution in [0.1, 0.15) is 36.7 Å². The Morgan fingerprint density at radius 1 is 1.53 bits per heavy atom. The third kappa shape index (κ3) is 3.77. The van der Waals surface area contributed by atoms with Crippen molar-refractivity contribution in [2.75, 3.05) is 0 Å². The Morgan fingerprint density at radius 3 is 2.87 bits per heavy atom. The van der Waals surface area contributed by atoms with E-state index in [0.29, 0.717) is 0 Å². The second-order valence-electron chi connectivity index (χ2n) is 3.52. The van der Waals surface area contributed by atoms with E-state index in [0.717, 1.165) is 30.7 Å². The molecule has 0 saturated carbocycles. The largest absolute Gasteiger partial charge is 0.271 e. The highest BCUT2D eigenvalue weighted by molar-refractivity contribution is 5.05. The van der Waals surface area contributed by atoms with E-state index >= 15 is 0 Å². The molecule has 0 spiro atoms. The summed E-state index contributed by atoms with van der Waals surface area (Å²) in [4.78, 5) is 8.50. The third-order valence-electron chi connectivity index (χ3n) is 2.26. The second-order valence-corrected chi connectivity index (χ2v) is 3.52. The van der Waals surface area contributed by atoms with E-state index in [2.05, 4.69) is 22.0 Å². The van der Waals surface area contributed by atoms with E-state index < -0.39 is 0 Å². The van der Waals surface area contributed by atoms with Crippen LogP contribution in [-0.4, -0.2) is 9.97 Å². The number of aromatic nitrogens is 2. The molecule has 0 radical (unpaired) electrons. The van der Waals surface area contributed by atoms with E-state index in [4.69, 9.17) is 5.84 Å². The first-order valence-corrected chi connectivity index (χ1v) is 5.13. The van der Waals surface area contributed by atoms with Crippen LogP contribution in [0.3, 0.4) is 0 Å². The molecule has 0 fully saturated rings. The van der Waals surface area contributed by atoms with Crippen LogP contribution in [0.4, 0.5) is 0 Å². The Labute approximate surface area is 90.6 Å². The van der Waals surface area contributed by atoms with Gasteiger partial charge in [-0.1, -0.05) is 6.08 Å². The van der Waals surface area contributed by atoms with Gasteiger partial charge in [0.25, 0.3) is 0 Å². The lowest BCUT2D eigenvalue weighted by Crippen LogP contribution is -2.28. The maximum absolute atomic E-state index is 5.48. The molecule has 0 aliphatic heterocycles. The highest BCUT2D eigenvalue weighted by atomic mass is 15.2. The first-order chi connectivity index (χ1) is 7.27. The molecule has 1 aromatic rings. The number of nitrogens with one attached hydrogen (secondary N) is 1. The number of hydrogen-bond donors (Lipinski definition) is 2. The first-order valence-electron chi connectivity index (χ1n) is 5.13. The molecule has 1 atom stereocenters. The van der Waals surface area contributed by atoms with Gasteiger partial charge in [0.15, 0.2) is 0 Å². The summed E-state index contributed by atoms with van der Waals surface area (Å²) in [7, 11) is 0. The van der Waals surface area contributed by atoms with E-state index in [1.807, 2.05) is 13.0 Å². The van der Waals surface area contributed by atoms with Crippen LogP contribution in [-0.2, 0) is 0 Å². The van der Waals surface area contributed by atoms with Gasteiger partial charge in [0.05, 0.1) is 23.6 Å². The molecule has 0 bridgehead atoms. The Morgan fingerprint density at radius 2 is 2.33 bits per heavy atom. The molecule has 0 aliphatic carbocycles. The van der Waals surface area contributed by atoms with Gasteiger partial charge < -0.3 is 0 Å². The number of hydrazine groups is 1. The molecular weight excluding hydrogens is 188 g/mol. The summed E-state index contributed by atoms with van der Waals surface area (Å²) in [6.45, 7) is 5.60. The molecule has 4 nitrogen and oxygen atoms in total. The zero-order valence-electron chi connectivity index (χ0n) is 9.11. The molecule has 1 unspecified atom stereocenters. The van der Waals surface area contributed by atoms with Crippen molar-refractivity contribution >= 4 is 0 Å². The predicted molar refractivity (Wildman–Crippen MR) is 60.9 cm³/mol. The highest BCUT2D eigenvalue weighted by Gasteiger charge is 2.10. The molecule has 1 aromatic heterocycles. The van der Waals surface area contributed by atoms with Crippen LogP contribution < -0.4 is 11.3 Å². The van der Waals surface area contributed by atoms with Crippen LogP contribution >= 0.6 is 0 Å². The van der Waals surface area contributed by atoms with Crippen molar-refractivity contribution in [3.05, 3.63) is 36.4 Å². The fourth-order valence-electron chi connectivity index (χ4n) is 1.37. The molecule has 0 saturated heterocycles. The Hall–Kier alpha value is -1.26. The average molecular weight is 206 g/mol. The first kappa shape index (κ1) is 11.8. The van der Waals surface area contributed by atoms with Crippen molar-refractivity contribution in [3.63, 3.8) is 0 Å². The fourth-order valence-corrected chi connectivity index (χ4v) is 1.37. The van der Waals surface area contributed by atoms with Crippen LogP contribution in [0, 0.1) is 6.92 Å². The van der Waals surface area contributed by atoms with Gasteiger partial charge in [0, 0.05) is 6.20 Å². The van der Waals surface area contributed by atoms with Crippen molar-refractivity contribution in [3.8, 4) is 0 Å². The SMILES string of the molecule is C=CCCCC(NN)c1cnc(C)cn1. The molecule has 4 heteroatoms. The molecular formula is C11H18N4. The number of allylic oxidation sites excluding steroid dienone is 1. The summed E-state index contributed by atoms with van der Waals surface area (Å²) in [6, 6.07) is 0.0815. The summed E-state index contributed by atoms with van der Waals surface area (Å²) in [5.74, 6) is 5.48. The molecule has 3 N–H and O–H groups in total. The topological polar surface area (TPSA) is 63.8 Å². The zero-order valence-corrected chi connectivity index (χ0v) is 9.11. The van der Waals surface area contributed by atoms with Gasteiger partial charge in [-0.15, -0.1) is 6.58 Å². The lowest BCUT2D eigenvalue weighted by atomic mass is 10.1. The summed E-state index contributed by atoms with van der Waals surface area (Å²) >= 11 is 0. The Balaban J connectivity index is 2.57. The summed E-state index contributed by atoms with van der Waals surface area (Å²) in [5, 5.41) is 0. The molecule has 1 heterocycles. The summed E-state index contributed by atoms with van der Waals surface area (Å²) in [5.41, 5.74) is 4.57. The minimum Gasteiger partial charge on any atom is -0.271 e. The minimum atomic E-state index is 0.0815. The second kappa shape index (κ2) is 6.27. The number of aryl methyl sites for hydroxylation is 1. The number of hydrogen-bond acceptors (Lipinski definition) is 4. The van der Waals surface area contributed by atoms with Gasteiger partial charge in [-0.25, -0.2) is 0 Å². The Kier molecular flexibility index (Phi) is 4.93. The molecule has 82 valence electrons. The normalized spacial score (nSPS) is 12.4. The van der Waals surface area contributed by atoms with Gasteiger partial charge >= 0.3 is 0 Å². The summed E-state index contributed by atoms with van der Waals surface area (Å²) in [6.07, 6.45) is 8.43. The number of unbranched alkanes of at least 4 members (excludes halogenated alkanes) is 1. The van der Waals surface area contributed by atoms with Crippen molar-refractivity contribution in [2.45, 2.75) is 32.2 Å². The van der Waals surface area contributed by atoms with Gasteiger partial charge in [-0.05, 0) is 26.2 Å². The van der Waals surface area contributed by atoms with Crippen molar-refractivity contribution < 1.29 is 0 Å². The van der Waals surface area contributed by atoms with Crippen molar-refractivity contribution in [2.24, 2.45) is 5.84 Å². The highest BCUT2D eigenvalue weighted by Crippen LogP contribution is 2.15. The fraction of sp³-hybridized carbons (Fsp3) is 0.455. The molecule has 0 aliphatic rings. The van der Waals surface area contributed by atoms with Crippen LogP contribution in [0.2, 0.25) is 0 Å². The third-order valence-corrected chi connectivity index (χ3v) is 2.26. The van der Waals surface area contributed by atoms with E-state index in [1.165, 1.54) is 0 Å². The van der Waals surface area contributed by atoms with E-state index in [9.17, 15) is 0 Å². The minimum absolute atomic E-state index is 0.0815. The number of nitrogens with zero attached hydrogens (tertiary/aromatic N) is 2. The molecule has 0 amide bonds. The van der Waals surface area contributed by atoms with Crippen LogP contribution in [0.5, 0.6) is 0 Å². The standard InChI is InChI=1S/C11H18N4/c1-3-4-5-6-10(15-12)11-8-13-9(2)7-14-11/h3,7-8,10,15H,1,4-6,12H2,2H3. The molecule has 15 heavy (non-hydrogen) atoms. The van der Waals surface area contributed by atoms with E-state index in [-0.39, 0.29) is 6.04 Å². The smallest absolute Gasteiger partial charge is 0.0769 e. The average Bonchev–Trinajstić information content (AvgIpc) is 2.26. The van der Waals surface area contributed by atoms with Gasteiger partial charge in [0.1, 0.15) is 0 Å². The quantitative estimate of drug-likeness (QED) is 0.321. The lowest BCUT2D eigenvalue weighted by molar-refractivity contribution is 0.488. The van der Waals surface area contributed by atoms with Crippen molar-refractivity contribution in [1.82, 2.24) is 15.4 Å². The molecule has 0 aromatic carbocycles. The van der Waals surface area contributed by atoms with E-state index in [1.54, 1.807) is 12.4 Å². The lowest BCUT2D eigenvalue weighted by Gasteiger charge is -2.14. The maximum Gasteiger partial charge on any atom is 0.0769 e. The number of rotatable bonds is 6. The van der Waals surface area contributed by atoms with Gasteiger partial charge in [-0.3, -0.25) is 21.2 Å². The van der Waals surface area contributed by atoms with Crippen molar-refractivity contribution in [1.29, 1.82) is 0 Å². The predicted octanol–water partition coefficient (Wildman–Crippen LogP) is 1.65. The van der Waals surface area contributed by atoms with Gasteiger partial charge in [0.2, 0.25) is 0 Å². The van der Waals surface area contributed by atoms with Crippen LogP contribution in [0.15, 0.2) is 25.0 Å². The van der Waals surface area contributed by atoms with Gasteiger partial charge in [-0.2, -0.15) is 0 Å². The molecule has 1 rings (SSSR count). The maximum atomic E-state index is 5.48. The number of nitrogens with two attached hydrogens (primary N) is 1. The Bertz CT molecular complexity index is 294.